The third-order valence-electron chi connectivity index (χ3n) is 3.00. The Morgan fingerprint density at radius 3 is 2.70 bits per heavy atom. The largest absolute Gasteiger partial charge is 0.466 e. The average molecular weight is 334 g/mol. The zero-order valence-corrected chi connectivity index (χ0v) is 13.9. The number of amides is 1. The minimum atomic E-state index is -0.562. The lowest BCUT2D eigenvalue weighted by Gasteiger charge is -2.11. The van der Waals surface area contributed by atoms with Crippen LogP contribution in [0.3, 0.4) is 0 Å². The number of thioether (sulfide) groups is 1. The molecular formula is C15H18N4O3S. The second kappa shape index (κ2) is 7.68. The fraction of sp³-hybridized carbons (Fsp3) is 0.267. The molecule has 0 aliphatic carbocycles. The van der Waals surface area contributed by atoms with E-state index in [0.29, 0.717) is 4.91 Å². The van der Waals surface area contributed by atoms with Gasteiger partial charge in [-0.25, -0.2) is 4.79 Å². The zero-order chi connectivity index (χ0) is 16.8. The lowest BCUT2D eigenvalue weighted by atomic mass is 10.2. The summed E-state index contributed by atoms with van der Waals surface area (Å²) in [6.07, 6.45) is 2.82. The van der Waals surface area contributed by atoms with Crippen LogP contribution in [0.2, 0.25) is 0 Å². The number of esters is 1. The molecule has 1 aromatic carbocycles. The van der Waals surface area contributed by atoms with E-state index in [2.05, 4.69) is 20.6 Å². The standard InChI is InChI=1S/C15H18N4O3S/c1-19(2)11-6-4-10(5-7-11)9-16-18-15-17-14(21)12(23-15)8-13(20)22-3/h4-9,15,18H,1-3H3,(H,17,21)/b12-8-,16-9-/t15-/m1/s1. The van der Waals surface area contributed by atoms with Crippen LogP contribution in [0, 0.1) is 0 Å². The number of ether oxygens (including phenoxy) is 1. The predicted octanol–water partition coefficient (Wildman–Crippen LogP) is 0.880. The van der Waals surface area contributed by atoms with Gasteiger partial charge in [0.15, 0.2) is 5.50 Å². The smallest absolute Gasteiger partial charge is 0.331 e. The summed E-state index contributed by atoms with van der Waals surface area (Å²) in [6, 6.07) is 7.88. The molecule has 0 spiro atoms. The number of rotatable bonds is 5. The minimum Gasteiger partial charge on any atom is -0.466 e. The summed E-state index contributed by atoms with van der Waals surface area (Å²) in [6.45, 7) is 0. The van der Waals surface area contributed by atoms with Crippen LogP contribution >= 0.6 is 11.8 Å². The van der Waals surface area contributed by atoms with Crippen LogP contribution in [0.1, 0.15) is 5.56 Å². The summed E-state index contributed by atoms with van der Waals surface area (Å²) in [4.78, 5) is 25.1. The second-order valence-corrected chi connectivity index (χ2v) is 6.02. The van der Waals surface area contributed by atoms with Crippen molar-refractivity contribution in [3.63, 3.8) is 0 Å². The summed E-state index contributed by atoms with van der Waals surface area (Å²) >= 11 is 1.17. The van der Waals surface area contributed by atoms with Crippen molar-refractivity contribution < 1.29 is 14.3 Å². The SMILES string of the molecule is COC(=O)/C=C1\S[C@@H](N/N=C\c2ccc(N(C)C)cc2)NC1=O. The van der Waals surface area contributed by atoms with E-state index in [4.69, 9.17) is 0 Å². The van der Waals surface area contributed by atoms with Crippen molar-refractivity contribution in [3.05, 3.63) is 40.8 Å². The molecule has 2 N–H and O–H groups in total. The van der Waals surface area contributed by atoms with Crippen molar-refractivity contribution in [2.24, 2.45) is 5.10 Å². The van der Waals surface area contributed by atoms with E-state index in [1.807, 2.05) is 43.3 Å². The molecule has 0 aromatic heterocycles. The number of benzene rings is 1. The van der Waals surface area contributed by atoms with E-state index in [-0.39, 0.29) is 5.91 Å². The van der Waals surface area contributed by atoms with Gasteiger partial charge in [-0.1, -0.05) is 23.9 Å². The first-order valence-corrected chi connectivity index (χ1v) is 7.70. The van der Waals surface area contributed by atoms with E-state index < -0.39 is 11.5 Å². The van der Waals surface area contributed by atoms with Gasteiger partial charge in [0.1, 0.15) is 0 Å². The number of nitrogens with zero attached hydrogens (tertiary/aromatic N) is 2. The minimum absolute atomic E-state index is 0.292. The number of hydrogen-bond donors (Lipinski definition) is 2. The number of hydrogen-bond acceptors (Lipinski definition) is 7. The maximum atomic E-state index is 11.7. The second-order valence-electron chi connectivity index (χ2n) is 4.88. The van der Waals surface area contributed by atoms with Crippen LogP contribution in [0.5, 0.6) is 0 Å². The molecule has 0 bridgehead atoms. The average Bonchev–Trinajstić information content (AvgIpc) is 2.87. The van der Waals surface area contributed by atoms with E-state index >= 15 is 0 Å². The van der Waals surface area contributed by atoms with Crippen LogP contribution in [0.4, 0.5) is 5.69 Å². The fourth-order valence-corrected chi connectivity index (χ4v) is 2.63. The summed E-state index contributed by atoms with van der Waals surface area (Å²) in [5.74, 6) is -0.892. The van der Waals surface area contributed by atoms with Crippen LogP contribution in [0.15, 0.2) is 40.3 Å². The topological polar surface area (TPSA) is 83.0 Å². The highest BCUT2D eigenvalue weighted by Gasteiger charge is 2.27. The molecule has 0 saturated carbocycles. The Bertz CT molecular complexity index is 641. The lowest BCUT2D eigenvalue weighted by Crippen LogP contribution is -2.34. The first kappa shape index (κ1) is 16.9. The Labute approximate surface area is 138 Å². The fourth-order valence-electron chi connectivity index (χ4n) is 1.76. The van der Waals surface area contributed by atoms with Gasteiger partial charge in [-0.3, -0.25) is 10.2 Å². The highest BCUT2D eigenvalue weighted by molar-refractivity contribution is 8.05. The van der Waals surface area contributed by atoms with Crippen molar-refractivity contribution >= 4 is 35.5 Å². The highest BCUT2D eigenvalue weighted by Crippen LogP contribution is 2.25. The Hall–Kier alpha value is -2.48. The molecule has 1 fully saturated rings. The van der Waals surface area contributed by atoms with Crippen LogP contribution < -0.4 is 15.6 Å². The van der Waals surface area contributed by atoms with Gasteiger partial charge < -0.3 is 15.0 Å². The monoisotopic (exact) mass is 334 g/mol. The van der Waals surface area contributed by atoms with E-state index in [1.165, 1.54) is 18.9 Å². The molecule has 7 nitrogen and oxygen atoms in total. The first-order valence-electron chi connectivity index (χ1n) is 6.83. The first-order chi connectivity index (χ1) is 11.0. The van der Waals surface area contributed by atoms with Gasteiger partial charge in [0.05, 0.1) is 18.2 Å². The quantitative estimate of drug-likeness (QED) is 0.360. The Kier molecular flexibility index (Phi) is 5.64. The maximum absolute atomic E-state index is 11.7. The Balaban J connectivity index is 1.90. The van der Waals surface area contributed by atoms with Crippen molar-refractivity contribution in [1.29, 1.82) is 0 Å². The number of carbonyl (C=O) groups excluding carboxylic acids is 2. The van der Waals surface area contributed by atoms with E-state index in [0.717, 1.165) is 17.3 Å². The van der Waals surface area contributed by atoms with Gasteiger partial charge in [0.2, 0.25) is 0 Å². The van der Waals surface area contributed by atoms with Gasteiger partial charge >= 0.3 is 5.97 Å². The van der Waals surface area contributed by atoms with Gasteiger partial charge in [0, 0.05) is 25.9 Å². The third-order valence-corrected chi connectivity index (χ3v) is 4.01. The lowest BCUT2D eigenvalue weighted by molar-refractivity contribution is -0.135. The van der Waals surface area contributed by atoms with Gasteiger partial charge in [-0.2, -0.15) is 5.10 Å². The van der Waals surface area contributed by atoms with Crippen molar-refractivity contribution in [1.82, 2.24) is 10.7 Å². The highest BCUT2D eigenvalue weighted by atomic mass is 32.2. The normalized spacial score (nSPS) is 19.0. The molecule has 0 radical (unpaired) electrons. The van der Waals surface area contributed by atoms with Crippen LogP contribution in [-0.2, 0) is 14.3 Å². The molecule has 1 aliphatic rings. The molecule has 122 valence electrons. The Morgan fingerprint density at radius 1 is 1.39 bits per heavy atom. The molecule has 1 saturated heterocycles. The molecule has 0 unspecified atom stereocenters. The summed E-state index contributed by atoms with van der Waals surface area (Å²) in [5.41, 5.74) is 4.43. The molecule has 1 aliphatic heterocycles. The zero-order valence-electron chi connectivity index (χ0n) is 13.1. The van der Waals surface area contributed by atoms with Crippen LogP contribution in [0.25, 0.3) is 0 Å². The van der Waals surface area contributed by atoms with Crippen molar-refractivity contribution in [2.45, 2.75) is 5.50 Å². The molecule has 23 heavy (non-hydrogen) atoms. The number of hydrazone groups is 1. The van der Waals surface area contributed by atoms with E-state index in [9.17, 15) is 9.59 Å². The molecule has 1 heterocycles. The molecule has 1 atom stereocenters. The van der Waals surface area contributed by atoms with Crippen molar-refractivity contribution in [3.8, 4) is 0 Å². The third kappa shape index (κ3) is 4.75. The summed E-state index contributed by atoms with van der Waals surface area (Å²) in [7, 11) is 5.21. The summed E-state index contributed by atoms with van der Waals surface area (Å²) < 4.78 is 4.50. The summed E-state index contributed by atoms with van der Waals surface area (Å²) in [5, 5.41) is 6.76. The molecule has 8 heteroatoms. The predicted molar refractivity (Wildman–Crippen MR) is 91.1 cm³/mol. The Morgan fingerprint density at radius 2 is 2.09 bits per heavy atom. The number of anilines is 1. The van der Waals surface area contributed by atoms with Gasteiger partial charge in [0.25, 0.3) is 5.91 Å². The van der Waals surface area contributed by atoms with Gasteiger partial charge in [-0.05, 0) is 17.7 Å². The maximum Gasteiger partial charge on any atom is 0.331 e. The molecule has 1 amide bonds. The number of carbonyl (C=O) groups is 2. The molecule has 1 aromatic rings. The number of methoxy groups -OCH3 is 1. The molecular weight excluding hydrogens is 316 g/mol. The number of nitrogens with one attached hydrogen (secondary N) is 2. The molecule has 2 rings (SSSR count). The van der Waals surface area contributed by atoms with E-state index in [1.54, 1.807) is 6.21 Å². The van der Waals surface area contributed by atoms with Gasteiger partial charge in [-0.15, -0.1) is 0 Å². The van der Waals surface area contributed by atoms with Crippen LogP contribution in [-0.4, -0.2) is 44.8 Å². The van der Waals surface area contributed by atoms with Crippen molar-refractivity contribution in [2.75, 3.05) is 26.1 Å².